The molecule has 0 aromatic carbocycles. The van der Waals surface area contributed by atoms with Crippen LogP contribution in [0.4, 0.5) is 0 Å². The van der Waals surface area contributed by atoms with Gasteiger partial charge in [0.1, 0.15) is 17.7 Å². The minimum atomic E-state index is -1.04. The van der Waals surface area contributed by atoms with Crippen LogP contribution in [0.2, 0.25) is 0 Å². The molecule has 2 aromatic rings. The molecule has 2 heterocycles. The number of nitrogens with one attached hydrogen (secondary N) is 1. The topological polar surface area (TPSA) is 101 Å². The van der Waals surface area contributed by atoms with Gasteiger partial charge in [-0.1, -0.05) is 0 Å². The third-order valence-corrected chi connectivity index (χ3v) is 2.67. The second kappa shape index (κ2) is 5.57. The number of hydrogen-bond donors (Lipinski definition) is 2. The van der Waals surface area contributed by atoms with Gasteiger partial charge in [-0.05, 0) is 13.8 Å². The summed E-state index contributed by atoms with van der Waals surface area (Å²) in [6.07, 6.45) is 2.61. The minimum absolute atomic E-state index is 0.0924. The van der Waals surface area contributed by atoms with Crippen molar-refractivity contribution in [1.29, 1.82) is 0 Å². The summed E-state index contributed by atoms with van der Waals surface area (Å²) in [5.74, 6) is 0.311. The number of carboxylic acids is 1. The fourth-order valence-electron chi connectivity index (χ4n) is 1.58. The molecule has 0 atom stereocenters. The molecule has 0 spiro atoms. The van der Waals surface area contributed by atoms with E-state index in [-0.39, 0.29) is 5.56 Å². The number of hydrogen-bond acceptors (Lipinski definition) is 6. The zero-order valence-corrected chi connectivity index (χ0v) is 10.7. The van der Waals surface area contributed by atoms with Gasteiger partial charge in [0.15, 0.2) is 0 Å². The molecule has 0 amide bonds. The maximum absolute atomic E-state index is 11.0. The molecule has 0 unspecified atom stereocenters. The quantitative estimate of drug-likeness (QED) is 0.830. The highest BCUT2D eigenvalue weighted by molar-refractivity contribution is 5.88. The van der Waals surface area contributed by atoms with Crippen molar-refractivity contribution < 1.29 is 14.3 Å². The number of carboxylic acid groups (broad SMARTS) is 1. The summed E-state index contributed by atoms with van der Waals surface area (Å²) in [5, 5.41) is 12.0. The zero-order chi connectivity index (χ0) is 13.8. The van der Waals surface area contributed by atoms with Gasteiger partial charge in [0, 0.05) is 12.7 Å². The SMILES string of the molecule is Cc1nc(CNCc2ncncc2C(=O)O)oc1C. The second-order valence-corrected chi connectivity index (χ2v) is 4.04. The Labute approximate surface area is 109 Å². The Morgan fingerprint density at radius 3 is 2.84 bits per heavy atom. The Hall–Kier alpha value is -2.28. The van der Waals surface area contributed by atoms with Crippen LogP contribution < -0.4 is 5.32 Å². The van der Waals surface area contributed by atoms with Crippen LogP contribution in [-0.4, -0.2) is 26.0 Å². The predicted octanol–water partition coefficient (Wildman–Crippen LogP) is 1.07. The number of nitrogens with zero attached hydrogens (tertiary/aromatic N) is 3. The van der Waals surface area contributed by atoms with E-state index < -0.39 is 5.97 Å². The van der Waals surface area contributed by atoms with E-state index in [9.17, 15) is 4.79 Å². The Kier molecular flexibility index (Phi) is 3.86. The molecule has 0 saturated carbocycles. The molecular formula is C12H14N4O3. The molecule has 0 bridgehead atoms. The standard InChI is InChI=1S/C12H14N4O3/c1-7-8(2)19-11(16-7)5-13-4-10-9(12(17)18)3-14-6-15-10/h3,6,13H,4-5H2,1-2H3,(H,17,18). The third-order valence-electron chi connectivity index (χ3n) is 2.67. The summed E-state index contributed by atoms with van der Waals surface area (Å²) in [4.78, 5) is 22.8. The van der Waals surface area contributed by atoms with Gasteiger partial charge in [-0.2, -0.15) is 0 Å². The minimum Gasteiger partial charge on any atom is -0.478 e. The van der Waals surface area contributed by atoms with Crippen LogP contribution in [0, 0.1) is 13.8 Å². The molecule has 7 heteroatoms. The van der Waals surface area contributed by atoms with Crippen molar-refractivity contribution in [2.24, 2.45) is 0 Å². The van der Waals surface area contributed by atoms with Crippen molar-refractivity contribution >= 4 is 5.97 Å². The van der Waals surface area contributed by atoms with Crippen molar-refractivity contribution in [3.05, 3.63) is 41.1 Å². The Morgan fingerprint density at radius 1 is 1.42 bits per heavy atom. The van der Waals surface area contributed by atoms with Crippen LogP contribution in [0.5, 0.6) is 0 Å². The predicted molar refractivity (Wildman–Crippen MR) is 65.5 cm³/mol. The lowest BCUT2D eigenvalue weighted by atomic mass is 10.2. The van der Waals surface area contributed by atoms with Gasteiger partial charge < -0.3 is 14.8 Å². The first-order chi connectivity index (χ1) is 9.08. The summed E-state index contributed by atoms with van der Waals surface area (Å²) >= 11 is 0. The smallest absolute Gasteiger partial charge is 0.339 e. The van der Waals surface area contributed by atoms with Crippen LogP contribution in [0.15, 0.2) is 16.9 Å². The number of carbonyl (C=O) groups is 1. The molecule has 100 valence electrons. The highest BCUT2D eigenvalue weighted by Gasteiger charge is 2.11. The fourth-order valence-corrected chi connectivity index (χ4v) is 1.58. The van der Waals surface area contributed by atoms with Gasteiger partial charge in [-0.3, -0.25) is 0 Å². The monoisotopic (exact) mass is 262 g/mol. The largest absolute Gasteiger partial charge is 0.478 e. The van der Waals surface area contributed by atoms with Crippen LogP contribution >= 0.6 is 0 Å². The second-order valence-electron chi connectivity index (χ2n) is 4.04. The number of aryl methyl sites for hydroxylation is 2. The number of oxazole rings is 1. The normalized spacial score (nSPS) is 10.6. The molecule has 0 saturated heterocycles. The van der Waals surface area contributed by atoms with Gasteiger partial charge in [-0.15, -0.1) is 0 Å². The fraction of sp³-hybridized carbons (Fsp3) is 0.333. The summed E-state index contributed by atoms with van der Waals surface area (Å²) in [5.41, 5.74) is 1.38. The Bertz CT molecular complexity index is 575. The number of rotatable bonds is 5. The molecule has 2 N–H and O–H groups in total. The lowest BCUT2D eigenvalue weighted by Crippen LogP contribution is -2.17. The maximum atomic E-state index is 11.0. The van der Waals surface area contributed by atoms with Crippen LogP contribution in [-0.2, 0) is 13.1 Å². The van der Waals surface area contributed by atoms with E-state index in [4.69, 9.17) is 9.52 Å². The van der Waals surface area contributed by atoms with Gasteiger partial charge in [0.05, 0.1) is 17.9 Å². The van der Waals surface area contributed by atoms with Gasteiger partial charge in [0.25, 0.3) is 0 Å². The first-order valence-electron chi connectivity index (χ1n) is 5.73. The first-order valence-corrected chi connectivity index (χ1v) is 5.73. The molecule has 0 aliphatic carbocycles. The van der Waals surface area contributed by atoms with Crippen LogP contribution in [0.25, 0.3) is 0 Å². The summed E-state index contributed by atoms with van der Waals surface area (Å²) in [6.45, 7) is 4.44. The Balaban J connectivity index is 1.98. The number of aromatic carboxylic acids is 1. The molecule has 7 nitrogen and oxygen atoms in total. The van der Waals surface area contributed by atoms with Crippen molar-refractivity contribution in [2.45, 2.75) is 26.9 Å². The van der Waals surface area contributed by atoms with Crippen molar-refractivity contribution in [2.75, 3.05) is 0 Å². The average Bonchev–Trinajstić information content (AvgIpc) is 2.69. The molecule has 19 heavy (non-hydrogen) atoms. The Morgan fingerprint density at radius 2 is 2.21 bits per heavy atom. The molecule has 0 radical (unpaired) electrons. The van der Waals surface area contributed by atoms with E-state index in [0.29, 0.717) is 24.7 Å². The molecule has 0 aliphatic rings. The van der Waals surface area contributed by atoms with Crippen molar-refractivity contribution in [3.63, 3.8) is 0 Å². The van der Waals surface area contributed by atoms with Gasteiger partial charge in [-0.25, -0.2) is 19.7 Å². The first kappa shape index (κ1) is 13.2. The molecule has 2 aromatic heterocycles. The molecule has 0 aliphatic heterocycles. The summed E-state index contributed by atoms with van der Waals surface area (Å²) < 4.78 is 5.41. The van der Waals surface area contributed by atoms with E-state index in [1.54, 1.807) is 0 Å². The lowest BCUT2D eigenvalue weighted by Gasteiger charge is -2.04. The van der Waals surface area contributed by atoms with Gasteiger partial charge >= 0.3 is 5.97 Å². The van der Waals surface area contributed by atoms with E-state index >= 15 is 0 Å². The van der Waals surface area contributed by atoms with Crippen molar-refractivity contribution in [3.8, 4) is 0 Å². The summed E-state index contributed by atoms with van der Waals surface area (Å²) in [7, 11) is 0. The van der Waals surface area contributed by atoms with E-state index in [2.05, 4.69) is 20.3 Å². The van der Waals surface area contributed by atoms with Crippen LogP contribution in [0.1, 0.15) is 33.4 Å². The van der Waals surface area contributed by atoms with Crippen LogP contribution in [0.3, 0.4) is 0 Å². The third kappa shape index (κ3) is 3.14. The summed E-state index contributed by atoms with van der Waals surface area (Å²) in [6, 6.07) is 0. The lowest BCUT2D eigenvalue weighted by molar-refractivity contribution is 0.0694. The average molecular weight is 262 g/mol. The molecule has 2 rings (SSSR count). The van der Waals surface area contributed by atoms with Gasteiger partial charge in [0.2, 0.25) is 5.89 Å². The highest BCUT2D eigenvalue weighted by atomic mass is 16.4. The molecule has 0 fully saturated rings. The van der Waals surface area contributed by atoms with Crippen molar-refractivity contribution in [1.82, 2.24) is 20.3 Å². The molecular weight excluding hydrogens is 248 g/mol. The van der Waals surface area contributed by atoms with E-state index in [0.717, 1.165) is 11.5 Å². The van der Waals surface area contributed by atoms with E-state index in [1.807, 2.05) is 13.8 Å². The maximum Gasteiger partial charge on any atom is 0.339 e. The number of aromatic nitrogens is 3. The van der Waals surface area contributed by atoms with E-state index in [1.165, 1.54) is 12.5 Å². The zero-order valence-electron chi connectivity index (χ0n) is 10.7. The highest BCUT2D eigenvalue weighted by Crippen LogP contribution is 2.08.